The minimum absolute atomic E-state index is 0. The molecular formula is C14H27Cl2N3OS. The van der Waals surface area contributed by atoms with Crippen molar-refractivity contribution in [1.82, 2.24) is 10.3 Å². The van der Waals surface area contributed by atoms with E-state index in [4.69, 9.17) is 5.73 Å². The van der Waals surface area contributed by atoms with Gasteiger partial charge in [0.15, 0.2) is 0 Å². The van der Waals surface area contributed by atoms with Gasteiger partial charge in [0.2, 0.25) is 5.91 Å². The Kier molecular flexibility index (Phi) is 15.9. The number of aryl methyl sites for hydroxylation is 1. The van der Waals surface area contributed by atoms with Gasteiger partial charge in [0.05, 0.1) is 10.7 Å². The van der Waals surface area contributed by atoms with Crippen LogP contribution in [0.5, 0.6) is 0 Å². The van der Waals surface area contributed by atoms with Crippen LogP contribution >= 0.6 is 36.2 Å². The number of unbranched alkanes of at least 4 members (excludes halogenated alkanes) is 3. The maximum atomic E-state index is 11.6. The van der Waals surface area contributed by atoms with Gasteiger partial charge in [0.25, 0.3) is 0 Å². The first kappa shape index (κ1) is 22.9. The van der Waals surface area contributed by atoms with Gasteiger partial charge in [-0.1, -0.05) is 19.8 Å². The molecule has 1 rings (SSSR count). The number of hydrogen-bond donors (Lipinski definition) is 2. The number of aromatic nitrogens is 1. The Morgan fingerprint density at radius 2 is 2.00 bits per heavy atom. The van der Waals surface area contributed by atoms with Crippen LogP contribution in [0.2, 0.25) is 0 Å². The minimum Gasteiger partial charge on any atom is -0.356 e. The Morgan fingerprint density at radius 3 is 2.62 bits per heavy atom. The molecule has 0 bridgehead atoms. The van der Waals surface area contributed by atoms with Crippen molar-refractivity contribution in [1.29, 1.82) is 0 Å². The third kappa shape index (κ3) is 10.9. The van der Waals surface area contributed by atoms with Crippen molar-refractivity contribution in [2.24, 2.45) is 5.73 Å². The molecule has 0 unspecified atom stereocenters. The lowest BCUT2D eigenvalue weighted by atomic mass is 10.1. The number of amides is 1. The van der Waals surface area contributed by atoms with Crippen LogP contribution in [-0.2, 0) is 17.6 Å². The van der Waals surface area contributed by atoms with Crippen LogP contribution in [-0.4, -0.2) is 24.0 Å². The van der Waals surface area contributed by atoms with E-state index in [0.717, 1.165) is 50.8 Å². The van der Waals surface area contributed by atoms with Crippen LogP contribution in [0, 0.1) is 0 Å². The van der Waals surface area contributed by atoms with E-state index in [1.807, 2.05) is 0 Å². The van der Waals surface area contributed by atoms with Crippen LogP contribution < -0.4 is 11.1 Å². The zero-order valence-electron chi connectivity index (χ0n) is 12.6. The highest BCUT2D eigenvalue weighted by Crippen LogP contribution is 2.10. The van der Waals surface area contributed by atoms with E-state index in [2.05, 4.69) is 22.6 Å². The largest absolute Gasteiger partial charge is 0.356 e. The van der Waals surface area contributed by atoms with E-state index >= 15 is 0 Å². The average Bonchev–Trinajstić information content (AvgIpc) is 2.86. The molecule has 0 spiro atoms. The predicted octanol–water partition coefficient (Wildman–Crippen LogP) is 3.12. The monoisotopic (exact) mass is 355 g/mol. The van der Waals surface area contributed by atoms with Crippen LogP contribution in [0.15, 0.2) is 5.38 Å². The molecule has 0 aromatic carbocycles. The summed E-state index contributed by atoms with van der Waals surface area (Å²) in [6.07, 6.45) is 6.68. The number of nitrogens with one attached hydrogen (secondary N) is 1. The molecule has 0 aliphatic carbocycles. The standard InChI is InChI=1S/C14H25N3OS.2ClH/c1-2-14-17-12(11-19-14)8-10-16-13(18)7-5-3-4-6-9-15;;/h11H,2-10,15H2,1H3,(H,16,18);2*1H. The lowest BCUT2D eigenvalue weighted by molar-refractivity contribution is -0.121. The van der Waals surface area contributed by atoms with E-state index < -0.39 is 0 Å². The highest BCUT2D eigenvalue weighted by Gasteiger charge is 2.03. The van der Waals surface area contributed by atoms with E-state index in [-0.39, 0.29) is 30.7 Å². The van der Waals surface area contributed by atoms with Crippen LogP contribution in [0.25, 0.3) is 0 Å². The number of rotatable bonds is 10. The number of nitrogens with zero attached hydrogens (tertiary/aromatic N) is 1. The van der Waals surface area contributed by atoms with Gasteiger partial charge in [0.1, 0.15) is 0 Å². The molecule has 0 aliphatic rings. The molecule has 1 amide bonds. The second-order valence-electron chi connectivity index (χ2n) is 4.64. The molecule has 3 N–H and O–H groups in total. The van der Waals surface area contributed by atoms with E-state index in [1.165, 1.54) is 5.01 Å². The first-order valence-corrected chi connectivity index (χ1v) is 8.04. The van der Waals surface area contributed by atoms with Crippen LogP contribution in [0.3, 0.4) is 0 Å². The summed E-state index contributed by atoms with van der Waals surface area (Å²) in [6, 6.07) is 0. The maximum absolute atomic E-state index is 11.6. The van der Waals surface area contributed by atoms with E-state index in [9.17, 15) is 4.79 Å². The normalized spacial score (nSPS) is 9.62. The summed E-state index contributed by atoms with van der Waals surface area (Å²) < 4.78 is 0. The summed E-state index contributed by atoms with van der Waals surface area (Å²) in [6.45, 7) is 3.54. The lowest BCUT2D eigenvalue weighted by Gasteiger charge is -2.04. The summed E-state index contributed by atoms with van der Waals surface area (Å²) in [7, 11) is 0. The maximum Gasteiger partial charge on any atom is 0.220 e. The first-order valence-electron chi connectivity index (χ1n) is 7.16. The summed E-state index contributed by atoms with van der Waals surface area (Å²) in [5.41, 5.74) is 6.51. The van der Waals surface area contributed by atoms with Crippen LogP contribution in [0.1, 0.15) is 49.7 Å². The van der Waals surface area contributed by atoms with Crippen molar-refractivity contribution in [3.8, 4) is 0 Å². The highest BCUT2D eigenvalue weighted by atomic mass is 35.5. The number of thiazole rings is 1. The second-order valence-corrected chi connectivity index (χ2v) is 5.58. The Morgan fingerprint density at radius 1 is 1.29 bits per heavy atom. The third-order valence-electron chi connectivity index (χ3n) is 2.96. The molecule has 0 radical (unpaired) electrons. The Hall–Kier alpha value is -0.360. The topological polar surface area (TPSA) is 68.0 Å². The molecule has 0 saturated carbocycles. The molecule has 21 heavy (non-hydrogen) atoms. The molecule has 0 fully saturated rings. The number of halogens is 2. The quantitative estimate of drug-likeness (QED) is 0.633. The fourth-order valence-corrected chi connectivity index (χ4v) is 2.61. The van der Waals surface area contributed by atoms with Gasteiger partial charge in [-0.05, 0) is 25.8 Å². The number of carbonyl (C=O) groups excluding carboxylic acids is 1. The summed E-state index contributed by atoms with van der Waals surface area (Å²) >= 11 is 1.70. The Balaban J connectivity index is 0. The van der Waals surface area contributed by atoms with E-state index in [1.54, 1.807) is 11.3 Å². The van der Waals surface area contributed by atoms with Crippen LogP contribution in [0.4, 0.5) is 0 Å². The van der Waals surface area contributed by atoms with Crippen molar-refractivity contribution in [2.75, 3.05) is 13.1 Å². The first-order chi connectivity index (χ1) is 9.26. The average molecular weight is 356 g/mol. The smallest absolute Gasteiger partial charge is 0.220 e. The zero-order chi connectivity index (χ0) is 13.9. The minimum atomic E-state index is 0. The molecule has 4 nitrogen and oxygen atoms in total. The van der Waals surface area contributed by atoms with Gasteiger partial charge in [-0.25, -0.2) is 4.98 Å². The molecule has 124 valence electrons. The molecule has 0 saturated heterocycles. The molecule has 1 aromatic rings. The summed E-state index contributed by atoms with van der Waals surface area (Å²) in [4.78, 5) is 16.1. The van der Waals surface area contributed by atoms with Gasteiger partial charge in [-0.15, -0.1) is 36.2 Å². The van der Waals surface area contributed by atoms with Gasteiger partial charge >= 0.3 is 0 Å². The second kappa shape index (κ2) is 14.6. The fraction of sp³-hybridized carbons (Fsp3) is 0.714. The number of carbonyl (C=O) groups is 1. The molecular weight excluding hydrogens is 329 g/mol. The van der Waals surface area contributed by atoms with Gasteiger partial charge in [-0.2, -0.15) is 0 Å². The molecule has 0 aliphatic heterocycles. The summed E-state index contributed by atoms with van der Waals surface area (Å²) in [5, 5.41) is 6.20. The van der Waals surface area contributed by atoms with Crippen molar-refractivity contribution < 1.29 is 4.79 Å². The third-order valence-corrected chi connectivity index (χ3v) is 4.00. The number of nitrogens with two attached hydrogens (primary N) is 1. The predicted molar refractivity (Wildman–Crippen MR) is 94.8 cm³/mol. The molecule has 1 heterocycles. The van der Waals surface area contributed by atoms with E-state index in [0.29, 0.717) is 13.0 Å². The molecule has 1 aromatic heterocycles. The van der Waals surface area contributed by atoms with Crippen molar-refractivity contribution in [3.05, 3.63) is 16.1 Å². The van der Waals surface area contributed by atoms with Gasteiger partial charge in [-0.3, -0.25) is 4.79 Å². The Bertz CT molecular complexity index is 375. The van der Waals surface area contributed by atoms with Crippen molar-refractivity contribution in [3.63, 3.8) is 0 Å². The Labute approximate surface area is 144 Å². The SMILES string of the molecule is CCc1nc(CCNC(=O)CCCCCCN)cs1.Cl.Cl. The summed E-state index contributed by atoms with van der Waals surface area (Å²) in [5.74, 6) is 0.152. The van der Waals surface area contributed by atoms with Crippen molar-refractivity contribution >= 4 is 42.1 Å². The van der Waals surface area contributed by atoms with Gasteiger partial charge in [0, 0.05) is 24.8 Å². The van der Waals surface area contributed by atoms with Gasteiger partial charge < -0.3 is 11.1 Å². The number of hydrogen-bond acceptors (Lipinski definition) is 4. The molecule has 7 heteroatoms. The van der Waals surface area contributed by atoms with Crippen molar-refractivity contribution in [2.45, 2.75) is 51.9 Å². The fourth-order valence-electron chi connectivity index (χ4n) is 1.83. The lowest BCUT2D eigenvalue weighted by Crippen LogP contribution is -2.25. The highest BCUT2D eigenvalue weighted by molar-refractivity contribution is 7.09. The molecule has 0 atom stereocenters. The zero-order valence-corrected chi connectivity index (χ0v) is 15.0.